The number of carbonyl (C=O) groups excluding carboxylic acids is 2. The predicted molar refractivity (Wildman–Crippen MR) is 116 cm³/mol. The van der Waals surface area contributed by atoms with E-state index in [9.17, 15) is 9.59 Å². The van der Waals surface area contributed by atoms with E-state index in [4.69, 9.17) is 0 Å². The first-order valence-electron chi connectivity index (χ1n) is 10.7. The van der Waals surface area contributed by atoms with Gasteiger partial charge in [0.15, 0.2) is 0 Å². The average molecular weight is 415 g/mol. The summed E-state index contributed by atoms with van der Waals surface area (Å²) in [5.41, 5.74) is 2.89. The van der Waals surface area contributed by atoms with Crippen molar-refractivity contribution in [3.8, 4) is 0 Å². The molecular weight excluding hydrogens is 390 g/mol. The maximum Gasteiger partial charge on any atom is 0.289 e. The van der Waals surface area contributed by atoms with Crippen molar-refractivity contribution in [3.05, 3.63) is 82.9 Å². The zero-order valence-corrected chi connectivity index (χ0v) is 17.5. The van der Waals surface area contributed by atoms with E-state index in [0.29, 0.717) is 36.9 Å². The van der Waals surface area contributed by atoms with Crippen LogP contribution in [0.2, 0.25) is 0 Å². The Morgan fingerprint density at radius 2 is 1.81 bits per heavy atom. The van der Waals surface area contributed by atoms with Gasteiger partial charge in [-0.25, -0.2) is 0 Å². The first kappa shape index (κ1) is 19.5. The summed E-state index contributed by atoms with van der Waals surface area (Å²) in [6.45, 7) is 4.50. The number of hydrogen-bond acceptors (Lipinski definition) is 4. The third-order valence-electron chi connectivity index (χ3n) is 6.36. The van der Waals surface area contributed by atoms with Crippen LogP contribution in [0.1, 0.15) is 50.3 Å². The number of aromatic nitrogens is 3. The molecule has 158 valence electrons. The number of hydrogen-bond donors (Lipinski definition) is 1. The van der Waals surface area contributed by atoms with E-state index in [0.717, 1.165) is 29.9 Å². The lowest BCUT2D eigenvalue weighted by Crippen LogP contribution is -2.30. The zero-order chi connectivity index (χ0) is 21.4. The fourth-order valence-electron chi connectivity index (χ4n) is 4.63. The molecule has 1 saturated heterocycles. The molecule has 2 aliphatic rings. The molecule has 31 heavy (non-hydrogen) atoms. The van der Waals surface area contributed by atoms with E-state index in [1.54, 1.807) is 0 Å². The van der Waals surface area contributed by atoms with Crippen LogP contribution >= 0.6 is 0 Å². The Labute approximate surface area is 181 Å². The molecule has 5 rings (SSSR count). The molecule has 1 fully saturated rings. The lowest BCUT2D eigenvalue weighted by atomic mass is 9.89. The first-order valence-corrected chi connectivity index (χ1v) is 10.7. The highest BCUT2D eigenvalue weighted by molar-refractivity contribution is 5.94. The highest BCUT2D eigenvalue weighted by atomic mass is 16.2. The van der Waals surface area contributed by atoms with Crippen molar-refractivity contribution < 1.29 is 9.59 Å². The van der Waals surface area contributed by atoms with E-state index in [2.05, 4.69) is 15.5 Å². The van der Waals surface area contributed by atoms with Crippen LogP contribution < -0.4 is 5.32 Å². The van der Waals surface area contributed by atoms with Crippen molar-refractivity contribution in [2.45, 2.75) is 32.4 Å². The minimum atomic E-state index is -0.216. The minimum Gasteiger partial charge on any atom is -0.345 e. The monoisotopic (exact) mass is 415 g/mol. The topological polar surface area (TPSA) is 80.1 Å². The maximum atomic E-state index is 13.0. The summed E-state index contributed by atoms with van der Waals surface area (Å²) >= 11 is 0. The molecule has 0 bridgehead atoms. The van der Waals surface area contributed by atoms with Crippen molar-refractivity contribution >= 4 is 11.8 Å². The van der Waals surface area contributed by atoms with E-state index >= 15 is 0 Å². The summed E-state index contributed by atoms with van der Waals surface area (Å²) in [4.78, 5) is 27.6. The molecular formula is C24H25N5O2. The van der Waals surface area contributed by atoms with E-state index in [-0.39, 0.29) is 17.7 Å². The quantitative estimate of drug-likeness (QED) is 0.711. The van der Waals surface area contributed by atoms with Gasteiger partial charge in [-0.05, 0) is 37.0 Å². The molecule has 3 heterocycles. The lowest BCUT2D eigenvalue weighted by molar-refractivity contribution is 0.0785. The Kier molecular flexibility index (Phi) is 5.02. The van der Waals surface area contributed by atoms with Gasteiger partial charge in [-0.1, -0.05) is 48.0 Å². The number of carbonyl (C=O) groups is 2. The summed E-state index contributed by atoms with van der Waals surface area (Å²) in [5.74, 6) is 1.48. The van der Waals surface area contributed by atoms with Crippen molar-refractivity contribution in [3.63, 3.8) is 0 Å². The number of benzene rings is 2. The van der Waals surface area contributed by atoms with Crippen molar-refractivity contribution in [1.82, 2.24) is 25.0 Å². The predicted octanol–water partition coefficient (Wildman–Crippen LogP) is 2.78. The smallest absolute Gasteiger partial charge is 0.289 e. The van der Waals surface area contributed by atoms with Gasteiger partial charge in [0.05, 0.1) is 0 Å². The van der Waals surface area contributed by atoms with Gasteiger partial charge in [0.2, 0.25) is 5.82 Å². The summed E-state index contributed by atoms with van der Waals surface area (Å²) in [7, 11) is 0. The van der Waals surface area contributed by atoms with E-state index in [1.807, 2.05) is 71.0 Å². The normalized spacial score (nSPS) is 19.6. The molecule has 7 heteroatoms. The highest BCUT2D eigenvalue weighted by Gasteiger charge is 2.42. The number of nitrogens with one attached hydrogen (secondary N) is 1. The van der Waals surface area contributed by atoms with Crippen molar-refractivity contribution in [1.29, 1.82) is 0 Å². The van der Waals surface area contributed by atoms with Gasteiger partial charge in [-0.15, -0.1) is 10.2 Å². The standard InChI is InChI=1S/C24H25N5O2/c1-16-7-9-18(10-8-16)24(31)28-14-19-11-12-29-21(20(19)15-28)26-27-22(29)23(30)25-13-17-5-3-2-4-6-17/h2-10,19-20H,11-15H2,1H3,(H,25,30)/t19-,20-/m0/s1. The van der Waals surface area contributed by atoms with Crippen LogP contribution in [0.25, 0.3) is 0 Å². The molecule has 2 aliphatic heterocycles. The SMILES string of the molecule is Cc1ccc(C(=O)N2C[C@@H]3CCn4c(C(=O)NCc5ccccc5)nnc4[C@H]3C2)cc1. The van der Waals surface area contributed by atoms with Crippen LogP contribution in [-0.4, -0.2) is 44.6 Å². The molecule has 0 spiro atoms. The second-order valence-electron chi connectivity index (χ2n) is 8.43. The van der Waals surface area contributed by atoms with Crippen LogP contribution in [0.15, 0.2) is 54.6 Å². The van der Waals surface area contributed by atoms with Crippen LogP contribution in [0, 0.1) is 12.8 Å². The van der Waals surface area contributed by atoms with Gasteiger partial charge in [0.1, 0.15) is 5.82 Å². The van der Waals surface area contributed by atoms with Crippen molar-refractivity contribution in [2.24, 2.45) is 5.92 Å². The van der Waals surface area contributed by atoms with Gasteiger partial charge < -0.3 is 14.8 Å². The van der Waals surface area contributed by atoms with E-state index in [1.165, 1.54) is 0 Å². The van der Waals surface area contributed by atoms with Gasteiger partial charge in [0, 0.05) is 37.7 Å². The third-order valence-corrected chi connectivity index (χ3v) is 6.36. The Morgan fingerprint density at radius 3 is 2.58 bits per heavy atom. The number of nitrogens with zero attached hydrogens (tertiary/aromatic N) is 4. The summed E-state index contributed by atoms with van der Waals surface area (Å²) < 4.78 is 1.93. The summed E-state index contributed by atoms with van der Waals surface area (Å²) in [5, 5.41) is 11.5. The molecule has 2 atom stereocenters. The van der Waals surface area contributed by atoms with Gasteiger partial charge in [-0.3, -0.25) is 9.59 Å². The number of likely N-dealkylation sites (tertiary alicyclic amines) is 1. The second-order valence-corrected chi connectivity index (χ2v) is 8.43. The van der Waals surface area contributed by atoms with E-state index < -0.39 is 0 Å². The van der Waals surface area contributed by atoms with Crippen LogP contribution in [0.3, 0.4) is 0 Å². The Hall–Kier alpha value is -3.48. The Morgan fingerprint density at radius 1 is 1.03 bits per heavy atom. The van der Waals surface area contributed by atoms with Crippen LogP contribution in [0.4, 0.5) is 0 Å². The maximum absolute atomic E-state index is 13.0. The molecule has 2 aromatic carbocycles. The zero-order valence-electron chi connectivity index (χ0n) is 17.5. The van der Waals surface area contributed by atoms with Gasteiger partial charge in [0.25, 0.3) is 11.8 Å². The molecule has 1 aromatic heterocycles. The fraction of sp³-hybridized carbons (Fsp3) is 0.333. The van der Waals surface area contributed by atoms with Gasteiger partial charge in [-0.2, -0.15) is 0 Å². The Balaban J connectivity index is 1.30. The molecule has 7 nitrogen and oxygen atoms in total. The lowest BCUT2D eigenvalue weighted by Gasteiger charge is -2.24. The second kappa shape index (κ2) is 7.98. The van der Waals surface area contributed by atoms with Crippen LogP contribution in [0.5, 0.6) is 0 Å². The molecule has 0 radical (unpaired) electrons. The molecule has 2 amide bonds. The minimum absolute atomic E-state index is 0.0568. The van der Waals surface area contributed by atoms with Gasteiger partial charge >= 0.3 is 0 Å². The third kappa shape index (κ3) is 3.71. The number of aryl methyl sites for hydroxylation is 1. The molecule has 0 aliphatic carbocycles. The summed E-state index contributed by atoms with van der Waals surface area (Å²) in [6, 6.07) is 17.5. The number of amides is 2. The average Bonchev–Trinajstić information content (AvgIpc) is 3.42. The number of fused-ring (bicyclic) bond motifs is 3. The molecule has 0 unspecified atom stereocenters. The van der Waals surface area contributed by atoms with Crippen LogP contribution in [-0.2, 0) is 13.1 Å². The molecule has 3 aromatic rings. The first-order chi connectivity index (χ1) is 15.1. The largest absolute Gasteiger partial charge is 0.345 e. The molecule has 0 saturated carbocycles. The Bertz CT molecular complexity index is 1110. The fourth-order valence-corrected chi connectivity index (χ4v) is 4.63. The van der Waals surface area contributed by atoms with Crippen molar-refractivity contribution in [2.75, 3.05) is 13.1 Å². The summed E-state index contributed by atoms with van der Waals surface area (Å²) in [6.07, 6.45) is 0.909. The number of rotatable bonds is 4. The molecule has 1 N–H and O–H groups in total. The highest BCUT2D eigenvalue weighted by Crippen LogP contribution is 2.38.